The first-order valence-corrected chi connectivity index (χ1v) is 10.8. The molecule has 0 saturated heterocycles. The molecule has 9 nitrogen and oxygen atoms in total. The van der Waals surface area contributed by atoms with E-state index in [9.17, 15) is 4.39 Å². The zero-order chi connectivity index (χ0) is 27.7. The molecule has 35 heavy (non-hydrogen) atoms. The first-order chi connectivity index (χ1) is 17.2. The van der Waals surface area contributed by atoms with Crippen LogP contribution in [0.4, 0.5) is 16.0 Å². The SMILES string of the molecule is CF.Clc1cc(Cl)n2ncnc2c1.Nc1cc(Cl)cc(Cl)n1.ONC=Nc1cc(Cl)cc(Cl)n1.[2H]C. The molecule has 0 bridgehead atoms. The third kappa shape index (κ3) is 12.4. The summed E-state index contributed by atoms with van der Waals surface area (Å²) < 4.78 is 16.8. The number of hydrogen-bond acceptors (Lipinski definition) is 7. The minimum absolute atomic E-state index is 0.257. The first kappa shape index (κ1) is 30.9. The van der Waals surface area contributed by atoms with Gasteiger partial charge in [0.2, 0.25) is 0 Å². The maximum Gasteiger partial charge on any atom is 0.158 e. The van der Waals surface area contributed by atoms with Crippen molar-refractivity contribution in [2.24, 2.45) is 4.99 Å². The Kier molecular flexibility index (Phi) is 15.2. The number of hydrogen-bond donors (Lipinski definition) is 3. The molecule has 4 aromatic heterocycles. The van der Waals surface area contributed by atoms with Gasteiger partial charge in [-0.15, -0.1) is 0 Å². The zero-order valence-corrected chi connectivity index (χ0v) is 22.5. The normalized spacial score (nSPS) is 9.83. The van der Waals surface area contributed by atoms with Crippen molar-refractivity contribution in [2.75, 3.05) is 12.9 Å². The first-order valence-electron chi connectivity index (χ1n) is 9.54. The summed E-state index contributed by atoms with van der Waals surface area (Å²) in [5.41, 5.74) is 7.67. The molecule has 0 aromatic carbocycles. The van der Waals surface area contributed by atoms with Crippen LogP contribution in [0.15, 0.2) is 47.7 Å². The number of alkyl halides is 1. The average Bonchev–Trinajstić information content (AvgIpc) is 3.29. The summed E-state index contributed by atoms with van der Waals surface area (Å²) in [6.07, 6.45) is 2.49. The lowest BCUT2D eigenvalue weighted by molar-refractivity contribution is 0.240. The number of rotatable bonds is 2. The van der Waals surface area contributed by atoms with Crippen molar-refractivity contribution >= 4 is 93.2 Å². The number of halogens is 7. The Labute approximate surface area is 232 Å². The van der Waals surface area contributed by atoms with E-state index in [1.54, 1.807) is 17.6 Å². The molecule has 0 saturated carbocycles. The molecule has 0 atom stereocenters. The van der Waals surface area contributed by atoms with Crippen LogP contribution in [0.2, 0.25) is 30.5 Å². The van der Waals surface area contributed by atoms with Crippen molar-refractivity contribution in [2.45, 2.75) is 7.40 Å². The minimum Gasteiger partial charge on any atom is -0.384 e. The van der Waals surface area contributed by atoms with Crippen LogP contribution in [0.25, 0.3) is 5.65 Å². The summed E-state index contributed by atoms with van der Waals surface area (Å²) in [5, 5.41) is 14.6. The Bertz CT molecular complexity index is 1160. The maximum atomic E-state index is 9.50. The smallest absolute Gasteiger partial charge is 0.158 e. The molecule has 0 aliphatic carbocycles. The van der Waals surface area contributed by atoms with Gasteiger partial charge in [-0.1, -0.05) is 77.0 Å². The lowest BCUT2D eigenvalue weighted by Gasteiger charge is -1.94. The van der Waals surface area contributed by atoms with Gasteiger partial charge in [-0.3, -0.25) is 15.1 Å². The van der Waals surface area contributed by atoms with E-state index in [1.807, 2.05) is 0 Å². The lowest BCUT2D eigenvalue weighted by Crippen LogP contribution is -2.01. The molecule has 0 unspecified atom stereocenters. The maximum absolute atomic E-state index is 9.50. The van der Waals surface area contributed by atoms with Crippen molar-refractivity contribution in [3.8, 4) is 0 Å². The van der Waals surface area contributed by atoms with E-state index >= 15 is 0 Å². The molecule has 4 aromatic rings. The van der Waals surface area contributed by atoms with E-state index in [2.05, 4.69) is 25.0 Å². The number of nitrogens with zero attached hydrogens (tertiary/aromatic N) is 6. The minimum atomic E-state index is 0.257. The molecule has 0 spiro atoms. The van der Waals surface area contributed by atoms with Crippen molar-refractivity contribution in [1.29, 1.82) is 0 Å². The third-order valence-electron chi connectivity index (χ3n) is 3.08. The van der Waals surface area contributed by atoms with Crippen molar-refractivity contribution < 1.29 is 11.0 Å². The fourth-order valence-electron chi connectivity index (χ4n) is 1.95. The van der Waals surface area contributed by atoms with E-state index in [1.165, 1.54) is 42.5 Å². The van der Waals surface area contributed by atoms with E-state index in [0.29, 0.717) is 49.8 Å². The second-order valence-electron chi connectivity index (χ2n) is 5.41. The van der Waals surface area contributed by atoms with Gasteiger partial charge in [-0.2, -0.15) is 5.10 Å². The average molecular weight is 608 g/mol. The van der Waals surface area contributed by atoms with Gasteiger partial charge in [0.1, 0.15) is 33.9 Å². The Hall–Kier alpha value is -2.18. The topological polar surface area (TPSA) is 127 Å². The van der Waals surface area contributed by atoms with Crippen LogP contribution >= 0.6 is 69.6 Å². The number of anilines is 1. The van der Waals surface area contributed by atoms with Crippen LogP contribution in [-0.2, 0) is 0 Å². The van der Waals surface area contributed by atoms with E-state index < -0.39 is 0 Å². The Morgan fingerprint density at radius 3 is 2.09 bits per heavy atom. The van der Waals surface area contributed by atoms with Gasteiger partial charge in [-0.05, 0) is 24.3 Å². The van der Waals surface area contributed by atoms with Gasteiger partial charge in [0, 0.05) is 28.6 Å². The summed E-state index contributed by atoms with van der Waals surface area (Å²) in [5.74, 6) is 0.668. The molecule has 4 N–H and O–H groups in total. The van der Waals surface area contributed by atoms with E-state index in [-0.39, 0.29) is 5.15 Å². The largest absolute Gasteiger partial charge is 0.384 e. The number of nitrogen functional groups attached to an aromatic ring is 1. The molecular formula is C19H19Cl6FN8O. The summed E-state index contributed by atoms with van der Waals surface area (Å²) in [6.45, 7) is 0. The summed E-state index contributed by atoms with van der Waals surface area (Å²) in [7, 11) is 1.75. The number of nitrogens with one attached hydrogen (secondary N) is 1. The van der Waals surface area contributed by atoms with Gasteiger partial charge in [-0.25, -0.2) is 24.5 Å². The molecule has 190 valence electrons. The molecule has 16 heteroatoms. The van der Waals surface area contributed by atoms with Crippen molar-refractivity contribution in [1.82, 2.24) is 30.0 Å². The molecule has 4 rings (SSSR count). The second-order valence-corrected chi connectivity index (χ2v) is 7.88. The predicted molar refractivity (Wildman–Crippen MR) is 143 cm³/mol. The third-order valence-corrected chi connectivity index (χ3v) is 4.39. The molecular weight excluding hydrogens is 588 g/mol. The van der Waals surface area contributed by atoms with Gasteiger partial charge in [0.15, 0.2) is 11.5 Å². The molecule has 4 heterocycles. The van der Waals surface area contributed by atoms with Crippen LogP contribution in [0.3, 0.4) is 0 Å². The number of aromatic nitrogens is 5. The van der Waals surface area contributed by atoms with Crippen LogP contribution in [-0.4, -0.2) is 43.3 Å². The molecule has 0 amide bonds. The van der Waals surface area contributed by atoms with E-state index in [4.69, 9.17) is 81.9 Å². The molecule has 0 fully saturated rings. The standard InChI is InChI=1S/C6H5Cl2N3O.C6H3Cl2N3.C5H4Cl2N2.CH3F.CH4/c7-4-1-5(8)11-6(2-4)9-3-10-12;7-4-1-5(8)11-6(2-4)9-3-10-11;6-3-1-4(7)9-5(8)2-3;1-2;/h1-3,12H,(H,9,10,11);1-3H;1-2H,(H2,8,9);1H3;1H4/i;;;;1D. The molecule has 0 aliphatic heterocycles. The predicted octanol–water partition coefficient (Wildman–Crippen LogP) is 7.26. The quantitative estimate of drug-likeness (QED) is 0.0947. The number of pyridine rings is 3. The summed E-state index contributed by atoms with van der Waals surface area (Å²) in [6, 6.07) is 9.38. The Morgan fingerprint density at radius 2 is 1.54 bits per heavy atom. The molecule has 0 radical (unpaired) electrons. The van der Waals surface area contributed by atoms with Crippen LogP contribution in [0.1, 0.15) is 8.77 Å². The number of fused-ring (bicyclic) bond motifs is 1. The Morgan fingerprint density at radius 1 is 0.971 bits per heavy atom. The van der Waals surface area contributed by atoms with Crippen molar-refractivity contribution in [3.05, 3.63) is 73.3 Å². The number of aliphatic imine (C=N–C) groups is 1. The summed E-state index contributed by atoms with van der Waals surface area (Å²) >= 11 is 33.7. The molecule has 0 aliphatic rings. The van der Waals surface area contributed by atoms with Gasteiger partial charge in [0.25, 0.3) is 0 Å². The monoisotopic (exact) mass is 605 g/mol. The summed E-state index contributed by atoms with van der Waals surface area (Å²) in [4.78, 5) is 15.1. The highest BCUT2D eigenvalue weighted by atomic mass is 35.5. The number of nitrogens with two attached hydrogens (primary N) is 1. The fourth-order valence-corrected chi connectivity index (χ4v) is 3.40. The van der Waals surface area contributed by atoms with Gasteiger partial charge < -0.3 is 5.73 Å². The highest BCUT2D eigenvalue weighted by Gasteiger charge is 2.01. The van der Waals surface area contributed by atoms with Crippen LogP contribution in [0.5, 0.6) is 0 Å². The highest BCUT2D eigenvalue weighted by Crippen LogP contribution is 2.20. The van der Waals surface area contributed by atoms with Crippen LogP contribution < -0.4 is 11.2 Å². The Balaban J connectivity index is 0.000000480. The van der Waals surface area contributed by atoms with Crippen molar-refractivity contribution in [3.63, 3.8) is 0 Å². The van der Waals surface area contributed by atoms with E-state index in [0.717, 1.165) is 6.34 Å². The highest BCUT2D eigenvalue weighted by molar-refractivity contribution is 6.35. The lowest BCUT2D eigenvalue weighted by atomic mass is 10.5. The zero-order valence-electron chi connectivity index (χ0n) is 19.0. The van der Waals surface area contributed by atoms with Crippen LogP contribution in [0, 0.1) is 0 Å². The number of hydroxylamine groups is 1. The van der Waals surface area contributed by atoms with Gasteiger partial charge in [0.05, 0.1) is 7.18 Å². The second kappa shape index (κ2) is 17.3. The van der Waals surface area contributed by atoms with Gasteiger partial charge >= 0.3 is 0 Å². The fraction of sp³-hybridized carbons (Fsp3) is 0.105.